The number of Topliss-reactive ketones (excluding diaryl/α,β-unsaturated/α-hetero) is 1. The van der Waals surface area contributed by atoms with Crippen LogP contribution in [0, 0.1) is 11.8 Å². The lowest BCUT2D eigenvalue weighted by Crippen LogP contribution is -2.61. The molecular weight excluding hydrogens is 394 g/mol. The van der Waals surface area contributed by atoms with E-state index in [1.807, 2.05) is 7.05 Å². The quantitative estimate of drug-likeness (QED) is 0.587. The molecule has 2 aliphatic carbocycles. The number of fused-ring (bicyclic) bond motifs is 4. The summed E-state index contributed by atoms with van der Waals surface area (Å²) in [6, 6.07) is 11.6. The van der Waals surface area contributed by atoms with E-state index in [1.165, 1.54) is 82.0 Å². The molecule has 0 radical (unpaired) electrons. The molecule has 4 fully saturated rings. The van der Waals surface area contributed by atoms with Crippen molar-refractivity contribution in [3.8, 4) is 0 Å². The highest BCUT2D eigenvalue weighted by molar-refractivity contribution is 5.83. The second-order valence-electron chi connectivity index (χ2n) is 11.5. The zero-order valence-electron chi connectivity index (χ0n) is 20.5. The van der Waals surface area contributed by atoms with E-state index in [2.05, 4.69) is 46.0 Å². The van der Waals surface area contributed by atoms with Crippen LogP contribution in [0.4, 0.5) is 11.4 Å². The monoisotopic (exact) mass is 437 g/mol. The molecule has 176 valence electrons. The van der Waals surface area contributed by atoms with Crippen LogP contribution in [0.25, 0.3) is 0 Å². The van der Waals surface area contributed by atoms with Gasteiger partial charge in [-0.25, -0.2) is 0 Å². The second kappa shape index (κ2) is 9.37. The average Bonchev–Trinajstić information content (AvgIpc) is 2.77. The van der Waals surface area contributed by atoms with Gasteiger partial charge < -0.3 is 9.80 Å². The summed E-state index contributed by atoms with van der Waals surface area (Å²) < 4.78 is 0. The van der Waals surface area contributed by atoms with E-state index in [1.54, 1.807) is 6.92 Å². The van der Waals surface area contributed by atoms with Gasteiger partial charge in [-0.1, -0.05) is 37.8 Å². The van der Waals surface area contributed by atoms with Crippen molar-refractivity contribution in [3.63, 3.8) is 0 Å². The van der Waals surface area contributed by atoms with Crippen LogP contribution in [0.3, 0.4) is 0 Å². The van der Waals surface area contributed by atoms with Crippen molar-refractivity contribution in [1.82, 2.24) is 4.90 Å². The van der Waals surface area contributed by atoms with E-state index < -0.39 is 0 Å². The maximum atomic E-state index is 11.7. The Bertz CT molecular complexity index is 784. The molecule has 2 unspecified atom stereocenters. The molecule has 32 heavy (non-hydrogen) atoms. The molecule has 0 amide bonds. The standard InChI is InChI=1S/C28H43N3O/c1-20(32)19-29(2)27-12-4-5-13-28(27)30(3)25-17-23-10-7-11-24(18-25)31(23)26-15-21-8-6-9-22(14-21)16-26/h4-5,12-13,21-26H,6-11,14-19H2,1-3H3/t21-,22+,23-,24+,25?,26?. The molecule has 0 spiro atoms. The minimum Gasteiger partial charge on any atom is -0.370 e. The van der Waals surface area contributed by atoms with Crippen molar-refractivity contribution < 1.29 is 4.79 Å². The van der Waals surface area contributed by atoms with Crippen LogP contribution in [0.15, 0.2) is 24.3 Å². The molecule has 2 aliphatic heterocycles. The third-order valence-electron chi connectivity index (χ3n) is 9.21. The SMILES string of the molecule is CC(=O)CN(C)c1ccccc1N(C)C1C[C@H]2CCC[C@@H](C1)N2C1C[C@H]2CCC[C@@H](C1)C2. The van der Waals surface area contributed by atoms with E-state index >= 15 is 0 Å². The lowest BCUT2D eigenvalue weighted by atomic mass is 9.68. The van der Waals surface area contributed by atoms with E-state index in [0.29, 0.717) is 12.6 Å². The van der Waals surface area contributed by atoms with Crippen LogP contribution in [0.2, 0.25) is 0 Å². The predicted octanol–water partition coefficient (Wildman–Crippen LogP) is 5.50. The normalized spacial score (nSPS) is 34.7. The predicted molar refractivity (Wildman–Crippen MR) is 134 cm³/mol. The van der Waals surface area contributed by atoms with Gasteiger partial charge in [0.1, 0.15) is 5.78 Å². The highest BCUT2D eigenvalue weighted by Crippen LogP contribution is 2.46. The Hall–Kier alpha value is -1.55. The van der Waals surface area contributed by atoms with Crippen molar-refractivity contribution in [2.45, 2.75) is 102 Å². The number of hydrogen-bond acceptors (Lipinski definition) is 4. The summed E-state index contributed by atoms with van der Waals surface area (Å²) >= 11 is 0. The van der Waals surface area contributed by atoms with Crippen molar-refractivity contribution in [2.75, 3.05) is 30.4 Å². The van der Waals surface area contributed by atoms with Crippen LogP contribution in [0.5, 0.6) is 0 Å². The lowest BCUT2D eigenvalue weighted by Gasteiger charge is -2.56. The van der Waals surface area contributed by atoms with Crippen molar-refractivity contribution >= 4 is 17.2 Å². The second-order valence-corrected chi connectivity index (χ2v) is 11.5. The molecule has 1 aromatic carbocycles. The molecule has 4 heteroatoms. The summed E-state index contributed by atoms with van der Waals surface area (Å²) in [5.74, 6) is 2.24. The summed E-state index contributed by atoms with van der Waals surface area (Å²) in [6.07, 6.45) is 15.7. The van der Waals surface area contributed by atoms with Crippen LogP contribution in [0.1, 0.15) is 77.6 Å². The molecule has 4 aliphatic rings. The van der Waals surface area contributed by atoms with E-state index in [-0.39, 0.29) is 5.78 Å². The highest BCUT2D eigenvalue weighted by atomic mass is 16.1. The van der Waals surface area contributed by atoms with E-state index in [9.17, 15) is 4.79 Å². The summed E-state index contributed by atoms with van der Waals surface area (Å²) in [5, 5.41) is 0. The number of carbonyl (C=O) groups excluding carboxylic acids is 1. The van der Waals surface area contributed by atoms with Crippen molar-refractivity contribution in [3.05, 3.63) is 24.3 Å². The van der Waals surface area contributed by atoms with Gasteiger partial charge in [0, 0.05) is 38.3 Å². The Balaban J connectivity index is 1.32. The number of rotatable bonds is 6. The molecule has 4 nitrogen and oxygen atoms in total. The zero-order chi connectivity index (χ0) is 22.2. The number of para-hydroxylation sites is 2. The Morgan fingerprint density at radius 2 is 1.44 bits per heavy atom. The van der Waals surface area contributed by atoms with Crippen LogP contribution in [-0.4, -0.2) is 55.5 Å². The van der Waals surface area contributed by atoms with Crippen molar-refractivity contribution in [1.29, 1.82) is 0 Å². The lowest BCUT2D eigenvalue weighted by molar-refractivity contribution is -0.115. The van der Waals surface area contributed by atoms with Gasteiger partial charge in [-0.3, -0.25) is 9.69 Å². The van der Waals surface area contributed by atoms with Crippen LogP contribution < -0.4 is 9.80 Å². The topological polar surface area (TPSA) is 26.8 Å². The Labute approximate surface area is 195 Å². The minimum absolute atomic E-state index is 0.213. The fraction of sp³-hybridized carbons (Fsp3) is 0.750. The third kappa shape index (κ3) is 4.44. The minimum atomic E-state index is 0.213. The van der Waals surface area contributed by atoms with Gasteiger partial charge in [-0.15, -0.1) is 0 Å². The highest BCUT2D eigenvalue weighted by Gasteiger charge is 2.45. The molecule has 6 atom stereocenters. The first-order valence-electron chi connectivity index (χ1n) is 13.3. The fourth-order valence-electron chi connectivity index (χ4n) is 7.94. The molecule has 2 saturated carbocycles. The number of benzene rings is 1. The molecule has 2 saturated heterocycles. The molecule has 0 aromatic heterocycles. The van der Waals surface area contributed by atoms with Crippen LogP contribution in [-0.2, 0) is 4.79 Å². The van der Waals surface area contributed by atoms with E-state index in [0.717, 1.165) is 30.0 Å². The third-order valence-corrected chi connectivity index (χ3v) is 9.21. The number of piperidine rings is 2. The number of nitrogens with zero attached hydrogens (tertiary/aromatic N) is 3. The van der Waals surface area contributed by atoms with E-state index in [4.69, 9.17) is 0 Å². The summed E-state index contributed by atoms with van der Waals surface area (Å²) in [5.41, 5.74) is 2.46. The maximum absolute atomic E-state index is 11.7. The summed E-state index contributed by atoms with van der Waals surface area (Å²) in [6.45, 7) is 2.15. The summed E-state index contributed by atoms with van der Waals surface area (Å²) in [4.78, 5) is 19.4. The molecular formula is C28H43N3O. The Morgan fingerprint density at radius 3 is 2.06 bits per heavy atom. The van der Waals surface area contributed by atoms with Crippen molar-refractivity contribution in [2.24, 2.45) is 11.8 Å². The fourth-order valence-corrected chi connectivity index (χ4v) is 7.94. The van der Waals surface area contributed by atoms with Gasteiger partial charge in [-0.05, 0) is 75.8 Å². The number of anilines is 2. The molecule has 4 bridgehead atoms. The van der Waals surface area contributed by atoms with Gasteiger partial charge in [0.15, 0.2) is 0 Å². The molecule has 5 rings (SSSR count). The molecule has 0 N–H and O–H groups in total. The van der Waals surface area contributed by atoms with Gasteiger partial charge >= 0.3 is 0 Å². The first kappa shape index (κ1) is 22.3. The zero-order valence-corrected chi connectivity index (χ0v) is 20.5. The molecule has 1 aromatic rings. The average molecular weight is 438 g/mol. The number of likely N-dealkylation sites (N-methyl/N-ethyl adjacent to an activating group) is 1. The van der Waals surface area contributed by atoms with Crippen LogP contribution >= 0.6 is 0 Å². The number of hydrogen-bond donors (Lipinski definition) is 0. The van der Waals surface area contributed by atoms with Gasteiger partial charge in [0.25, 0.3) is 0 Å². The Kier molecular flexibility index (Phi) is 6.51. The van der Waals surface area contributed by atoms with Gasteiger partial charge in [-0.2, -0.15) is 0 Å². The smallest absolute Gasteiger partial charge is 0.149 e. The summed E-state index contributed by atoms with van der Waals surface area (Å²) in [7, 11) is 4.34. The maximum Gasteiger partial charge on any atom is 0.149 e. The largest absolute Gasteiger partial charge is 0.370 e. The van der Waals surface area contributed by atoms with Gasteiger partial charge in [0.05, 0.1) is 17.9 Å². The molecule has 2 heterocycles. The first-order valence-corrected chi connectivity index (χ1v) is 13.3. The number of ketones is 1. The number of carbonyl (C=O) groups is 1. The Morgan fingerprint density at radius 1 is 0.844 bits per heavy atom. The van der Waals surface area contributed by atoms with Gasteiger partial charge in [0.2, 0.25) is 0 Å². The first-order chi connectivity index (χ1) is 15.5.